The molecule has 0 fully saturated rings. The Bertz CT molecular complexity index is 1080. The number of hydrogen-bond donors (Lipinski definition) is 0. The Morgan fingerprint density at radius 1 is 0.419 bits per heavy atom. The summed E-state index contributed by atoms with van der Waals surface area (Å²) in [7, 11) is 0. The van der Waals surface area contributed by atoms with Crippen LogP contribution in [0.2, 0.25) is 0 Å². The first-order valence-electron chi connectivity index (χ1n) is 10.6. The molecule has 0 aliphatic rings. The molecule has 0 amide bonds. The summed E-state index contributed by atoms with van der Waals surface area (Å²) < 4.78 is 12.0. The molecule has 0 atom stereocenters. The fourth-order valence-electron chi connectivity index (χ4n) is 3.41. The molecule has 2 heteroatoms. The predicted octanol–water partition coefficient (Wildman–Crippen LogP) is 8.10. The molecule has 0 spiro atoms. The Balaban J connectivity index is 1.37. The summed E-state index contributed by atoms with van der Waals surface area (Å²) in [6.45, 7) is 8.42. The van der Waals surface area contributed by atoms with Crippen molar-refractivity contribution in [2.75, 3.05) is 0 Å². The van der Waals surface area contributed by atoms with Gasteiger partial charge in [-0.2, -0.15) is 0 Å². The SMILES string of the molecule is Cc1ccc(Oc2ccc(Cc3ccc(Oc4ccc(C)c(C)c4)cc3)cc2)cc1C. The van der Waals surface area contributed by atoms with Crippen LogP contribution in [0.25, 0.3) is 0 Å². The Kier molecular flexibility index (Phi) is 6.08. The molecule has 0 saturated carbocycles. The van der Waals surface area contributed by atoms with E-state index in [4.69, 9.17) is 9.47 Å². The Labute approximate surface area is 185 Å². The lowest BCUT2D eigenvalue weighted by Gasteiger charge is -2.10. The Morgan fingerprint density at radius 2 is 0.774 bits per heavy atom. The molecule has 4 aromatic rings. The zero-order chi connectivity index (χ0) is 21.8. The Hall–Kier alpha value is -3.52. The van der Waals surface area contributed by atoms with Crippen molar-refractivity contribution >= 4 is 0 Å². The maximum absolute atomic E-state index is 5.99. The number of ether oxygens (including phenoxy) is 2. The van der Waals surface area contributed by atoms with E-state index in [2.05, 4.69) is 76.2 Å². The van der Waals surface area contributed by atoms with Crippen molar-refractivity contribution in [2.24, 2.45) is 0 Å². The van der Waals surface area contributed by atoms with Crippen molar-refractivity contribution in [3.8, 4) is 23.0 Å². The van der Waals surface area contributed by atoms with Gasteiger partial charge in [0.1, 0.15) is 23.0 Å². The van der Waals surface area contributed by atoms with E-state index in [0.717, 1.165) is 29.4 Å². The van der Waals surface area contributed by atoms with Gasteiger partial charge in [-0.15, -0.1) is 0 Å². The van der Waals surface area contributed by atoms with Crippen LogP contribution >= 0.6 is 0 Å². The summed E-state index contributed by atoms with van der Waals surface area (Å²) in [5.41, 5.74) is 7.50. The van der Waals surface area contributed by atoms with Crippen molar-refractivity contribution in [3.05, 3.63) is 118 Å². The summed E-state index contributed by atoms with van der Waals surface area (Å²) in [5, 5.41) is 0. The van der Waals surface area contributed by atoms with Gasteiger partial charge in [0.15, 0.2) is 0 Å². The first-order valence-corrected chi connectivity index (χ1v) is 10.6. The molecule has 2 nitrogen and oxygen atoms in total. The topological polar surface area (TPSA) is 18.5 Å². The van der Waals surface area contributed by atoms with Gasteiger partial charge < -0.3 is 9.47 Å². The summed E-state index contributed by atoms with van der Waals surface area (Å²) in [5.74, 6) is 3.44. The van der Waals surface area contributed by atoms with Crippen LogP contribution in [-0.2, 0) is 6.42 Å². The zero-order valence-electron chi connectivity index (χ0n) is 18.6. The monoisotopic (exact) mass is 408 g/mol. The first kappa shape index (κ1) is 20.7. The molecule has 0 saturated heterocycles. The van der Waals surface area contributed by atoms with Gasteiger partial charge in [0.05, 0.1) is 0 Å². The van der Waals surface area contributed by atoms with Crippen molar-refractivity contribution < 1.29 is 9.47 Å². The summed E-state index contributed by atoms with van der Waals surface area (Å²) in [4.78, 5) is 0. The fraction of sp³-hybridized carbons (Fsp3) is 0.172. The van der Waals surface area contributed by atoms with Crippen molar-refractivity contribution in [3.63, 3.8) is 0 Å². The molecule has 31 heavy (non-hydrogen) atoms. The lowest BCUT2D eigenvalue weighted by molar-refractivity contribution is 0.482. The van der Waals surface area contributed by atoms with Gasteiger partial charge in [-0.05, 0) is 116 Å². The van der Waals surface area contributed by atoms with E-state index in [-0.39, 0.29) is 0 Å². The predicted molar refractivity (Wildman–Crippen MR) is 128 cm³/mol. The van der Waals surface area contributed by atoms with Crippen molar-refractivity contribution in [2.45, 2.75) is 34.1 Å². The van der Waals surface area contributed by atoms with Crippen LogP contribution in [-0.4, -0.2) is 0 Å². The molecule has 0 aliphatic heterocycles. The normalized spacial score (nSPS) is 10.7. The van der Waals surface area contributed by atoms with E-state index in [9.17, 15) is 0 Å². The molecular formula is C29H28O2. The molecule has 4 aromatic carbocycles. The minimum atomic E-state index is 0.851. The van der Waals surface area contributed by atoms with Crippen LogP contribution in [0.1, 0.15) is 33.4 Å². The lowest BCUT2D eigenvalue weighted by atomic mass is 10.0. The lowest BCUT2D eigenvalue weighted by Crippen LogP contribution is -1.91. The van der Waals surface area contributed by atoms with Gasteiger partial charge in [0.25, 0.3) is 0 Å². The van der Waals surface area contributed by atoms with Crippen LogP contribution in [0.4, 0.5) is 0 Å². The van der Waals surface area contributed by atoms with Crippen molar-refractivity contribution in [1.29, 1.82) is 0 Å². The van der Waals surface area contributed by atoms with Crippen LogP contribution < -0.4 is 9.47 Å². The van der Waals surface area contributed by atoms with Crippen LogP contribution in [0.15, 0.2) is 84.9 Å². The molecule has 0 radical (unpaired) electrons. The van der Waals surface area contributed by atoms with Gasteiger partial charge in [-0.25, -0.2) is 0 Å². The third-order valence-electron chi connectivity index (χ3n) is 5.68. The Morgan fingerprint density at radius 3 is 1.13 bits per heavy atom. The molecule has 0 heterocycles. The van der Waals surface area contributed by atoms with Crippen LogP contribution in [0.5, 0.6) is 23.0 Å². The second-order valence-electron chi connectivity index (χ2n) is 8.16. The molecule has 0 unspecified atom stereocenters. The van der Waals surface area contributed by atoms with Crippen LogP contribution in [0, 0.1) is 27.7 Å². The van der Waals surface area contributed by atoms with Crippen molar-refractivity contribution in [1.82, 2.24) is 0 Å². The molecule has 0 aliphatic carbocycles. The summed E-state index contributed by atoms with van der Waals surface area (Å²) >= 11 is 0. The highest BCUT2D eigenvalue weighted by molar-refractivity contribution is 5.40. The number of rotatable bonds is 6. The highest BCUT2D eigenvalue weighted by atomic mass is 16.5. The number of benzene rings is 4. The van der Waals surface area contributed by atoms with Gasteiger partial charge in [-0.3, -0.25) is 0 Å². The minimum absolute atomic E-state index is 0.851. The van der Waals surface area contributed by atoms with Gasteiger partial charge in [-0.1, -0.05) is 36.4 Å². The molecule has 0 N–H and O–H groups in total. The number of hydrogen-bond acceptors (Lipinski definition) is 2. The molecular weight excluding hydrogens is 380 g/mol. The standard InChI is InChI=1S/C29H28O2/c1-20-5-11-28(17-22(20)3)30-26-13-7-24(8-14-26)19-25-9-15-27(16-10-25)31-29-12-6-21(2)23(4)18-29/h5-18H,19H2,1-4H3. The number of aryl methyl sites for hydroxylation is 4. The van der Waals surface area contributed by atoms with E-state index < -0.39 is 0 Å². The minimum Gasteiger partial charge on any atom is -0.457 e. The van der Waals surface area contributed by atoms with Gasteiger partial charge >= 0.3 is 0 Å². The fourth-order valence-corrected chi connectivity index (χ4v) is 3.41. The van der Waals surface area contributed by atoms with Crippen LogP contribution in [0.3, 0.4) is 0 Å². The average molecular weight is 409 g/mol. The molecule has 0 aromatic heterocycles. The molecule has 0 bridgehead atoms. The third-order valence-corrected chi connectivity index (χ3v) is 5.68. The third kappa shape index (κ3) is 5.35. The van der Waals surface area contributed by atoms with E-state index in [1.54, 1.807) is 0 Å². The highest BCUT2D eigenvalue weighted by Crippen LogP contribution is 2.26. The van der Waals surface area contributed by atoms with Gasteiger partial charge in [0, 0.05) is 0 Å². The first-order chi connectivity index (χ1) is 15.0. The molecule has 4 rings (SSSR count). The average Bonchev–Trinajstić information content (AvgIpc) is 2.76. The zero-order valence-corrected chi connectivity index (χ0v) is 18.6. The maximum Gasteiger partial charge on any atom is 0.127 e. The highest BCUT2D eigenvalue weighted by Gasteiger charge is 2.03. The van der Waals surface area contributed by atoms with Gasteiger partial charge in [0.2, 0.25) is 0 Å². The largest absolute Gasteiger partial charge is 0.457 e. The molecule has 156 valence electrons. The summed E-state index contributed by atoms with van der Waals surface area (Å²) in [6, 6.07) is 29.0. The quantitative estimate of drug-likeness (QED) is 0.321. The van der Waals surface area contributed by atoms with E-state index in [1.165, 1.54) is 33.4 Å². The smallest absolute Gasteiger partial charge is 0.127 e. The maximum atomic E-state index is 5.99. The second kappa shape index (κ2) is 9.09. The van der Waals surface area contributed by atoms with E-state index >= 15 is 0 Å². The summed E-state index contributed by atoms with van der Waals surface area (Å²) in [6.07, 6.45) is 0.869. The second-order valence-corrected chi connectivity index (χ2v) is 8.16. The van der Waals surface area contributed by atoms with E-state index in [1.807, 2.05) is 36.4 Å². The van der Waals surface area contributed by atoms with E-state index in [0.29, 0.717) is 0 Å².